The minimum Gasteiger partial charge on any atom is -0.483 e. The average molecular weight is 1310 g/mol. The molecule has 0 spiro atoms. The molecule has 0 saturated carbocycles. The molecule has 0 saturated heterocycles. The molecule has 494 valence electrons. The molecule has 0 aliphatic rings. The maximum Gasteiger partial charge on any atom is 0.290 e. The summed E-state index contributed by atoms with van der Waals surface area (Å²) in [6.45, 7) is 13.7. The first-order valence-corrected chi connectivity index (χ1v) is 31.9. The van der Waals surface area contributed by atoms with Gasteiger partial charge in [0.25, 0.3) is 6.47 Å². The molecule has 0 atom stereocenters. The van der Waals surface area contributed by atoms with Crippen molar-refractivity contribution in [3.63, 3.8) is 0 Å². The SMILES string of the molecule is CC.CC.CC.Cc1cc2c(cn1)c(=O)cc(Nc1ccccc1)n2-c1ccccc1.O=CO.O=c1cc(Nc2ccccc2)n(-c2ccccc2)c2cc(Nc3cccc(F)c3)ncc12.O=c1cc(Nc2ccccc2)n(-c2ccccc2)c2cc(Nc3ccccc3F)ncc12. The van der Waals surface area contributed by atoms with E-state index in [0.717, 1.165) is 51.2 Å². The van der Waals surface area contributed by atoms with E-state index in [-0.39, 0.29) is 34.4 Å². The molecule has 0 amide bonds. The molecule has 14 aromatic rings. The Bertz CT molecular complexity index is 5050. The van der Waals surface area contributed by atoms with Gasteiger partial charge in [-0.2, -0.15) is 0 Å². The number of rotatable bonds is 13. The number of aryl methyl sites for hydroxylation is 1. The Morgan fingerprint density at radius 1 is 0.357 bits per heavy atom. The van der Waals surface area contributed by atoms with Crippen LogP contribution in [0.2, 0.25) is 0 Å². The number of hydrogen-bond donors (Lipinski definition) is 6. The van der Waals surface area contributed by atoms with Gasteiger partial charge < -0.3 is 31.7 Å². The summed E-state index contributed by atoms with van der Waals surface area (Å²) in [5.74, 6) is 2.18. The lowest BCUT2D eigenvalue weighted by Gasteiger charge is -2.19. The Morgan fingerprint density at radius 3 is 1.04 bits per heavy atom. The van der Waals surface area contributed by atoms with Crippen LogP contribution in [0.4, 0.5) is 66.3 Å². The first kappa shape index (κ1) is 71.0. The van der Waals surface area contributed by atoms with Gasteiger partial charge in [-0.25, -0.2) is 18.7 Å². The molecule has 0 aliphatic carbocycles. The van der Waals surface area contributed by atoms with Crippen LogP contribution in [0, 0.1) is 18.6 Å². The molecule has 0 bridgehead atoms. The van der Waals surface area contributed by atoms with E-state index in [0.29, 0.717) is 61.8 Å². The second-order valence-corrected chi connectivity index (χ2v) is 20.5. The van der Waals surface area contributed by atoms with Crippen molar-refractivity contribution in [3.8, 4) is 17.1 Å². The standard InChI is InChI=1S/2C26H19FN4O.C21H17N3O.3C2H6.CH2O2/c27-18-8-7-11-20(14-18)29-25-15-23-22(17-28-25)24(32)16-26(30-19-9-3-1-4-10-19)31(23)21-12-5-2-6-13-21;27-21-13-7-8-14-22(21)30-25-15-23-20(17-28-25)24(32)16-26(29-18-9-3-1-4-10-18)31(23)19-11-5-2-6-12-19;1-15-12-19-18(14-22-15)20(25)13-21(23-16-8-4-2-5-9-16)24(19)17-10-6-3-7-11-17;3*1-2;2-1-3/h1-17,30H,(H,28,29);1-17,29H,(H,28,30);2-14,23H,1H3;3*1-2H3;1H,(H,2,3). The fourth-order valence-corrected chi connectivity index (χ4v) is 10.1. The molecular formula is C80H75F2N11O5. The zero-order valence-electron chi connectivity index (χ0n) is 55.2. The Kier molecular flexibility index (Phi) is 26.1. The van der Waals surface area contributed by atoms with E-state index in [9.17, 15) is 23.2 Å². The predicted octanol–water partition coefficient (Wildman–Crippen LogP) is 19.2. The first-order valence-electron chi connectivity index (χ1n) is 31.9. The van der Waals surface area contributed by atoms with Crippen molar-refractivity contribution in [1.29, 1.82) is 0 Å². The summed E-state index contributed by atoms with van der Waals surface area (Å²) >= 11 is 0. The number of carboxylic acid groups (broad SMARTS) is 1. The van der Waals surface area contributed by atoms with Crippen LogP contribution in [-0.2, 0) is 4.79 Å². The highest BCUT2D eigenvalue weighted by molar-refractivity contribution is 5.88. The maximum absolute atomic E-state index is 14.1. The third kappa shape index (κ3) is 18.3. The lowest BCUT2D eigenvalue weighted by atomic mass is 10.2. The number of nitrogens with zero attached hydrogens (tertiary/aromatic N) is 6. The van der Waals surface area contributed by atoms with Crippen LogP contribution in [0.5, 0.6) is 0 Å². The van der Waals surface area contributed by atoms with Crippen LogP contribution < -0.4 is 42.9 Å². The first-order chi connectivity index (χ1) is 48.0. The summed E-state index contributed by atoms with van der Waals surface area (Å²) in [4.78, 5) is 59.8. The topological polar surface area (TPSA) is 202 Å². The number of halogens is 2. The molecular weight excluding hydrogens is 1230 g/mol. The Balaban J connectivity index is 0.000000178. The van der Waals surface area contributed by atoms with E-state index in [1.54, 1.807) is 73.1 Å². The Labute approximate surface area is 566 Å². The molecule has 0 unspecified atom stereocenters. The molecule has 6 N–H and O–H groups in total. The van der Waals surface area contributed by atoms with E-state index in [1.165, 1.54) is 24.4 Å². The van der Waals surface area contributed by atoms with Gasteiger partial charge in [-0.05, 0) is 116 Å². The van der Waals surface area contributed by atoms with Crippen molar-refractivity contribution in [2.45, 2.75) is 48.5 Å². The molecule has 16 nitrogen and oxygen atoms in total. The molecule has 6 aromatic heterocycles. The maximum atomic E-state index is 14.1. The monoisotopic (exact) mass is 1310 g/mol. The molecule has 14 rings (SSSR count). The fraction of sp³-hybridized carbons (Fsp3) is 0.0875. The van der Waals surface area contributed by atoms with E-state index in [1.807, 2.05) is 246 Å². The molecule has 8 aromatic carbocycles. The quantitative estimate of drug-likeness (QED) is 0.0596. The van der Waals surface area contributed by atoms with E-state index in [2.05, 4.69) is 46.1 Å². The van der Waals surface area contributed by atoms with Gasteiger partial charge >= 0.3 is 0 Å². The van der Waals surface area contributed by atoms with Crippen molar-refractivity contribution >= 4 is 96.7 Å². The number of benzene rings is 8. The highest BCUT2D eigenvalue weighted by Gasteiger charge is 2.17. The number of pyridine rings is 6. The number of carbonyl (C=O) groups is 1. The average Bonchev–Trinajstić information content (AvgIpc) is 0.781. The number of para-hydroxylation sites is 7. The van der Waals surface area contributed by atoms with Crippen molar-refractivity contribution in [3.05, 3.63) is 334 Å². The number of fused-ring (bicyclic) bond motifs is 3. The van der Waals surface area contributed by atoms with Crippen LogP contribution in [0.25, 0.3) is 49.8 Å². The number of nitrogens with one attached hydrogen (secondary N) is 5. The van der Waals surface area contributed by atoms with Crippen LogP contribution in [0.3, 0.4) is 0 Å². The van der Waals surface area contributed by atoms with E-state index >= 15 is 0 Å². The fourth-order valence-electron chi connectivity index (χ4n) is 10.1. The van der Waals surface area contributed by atoms with Crippen molar-refractivity contribution in [2.24, 2.45) is 0 Å². The summed E-state index contributed by atoms with van der Waals surface area (Å²) in [5.41, 5.74) is 8.96. The smallest absolute Gasteiger partial charge is 0.290 e. The Hall–Kier alpha value is -12.8. The highest BCUT2D eigenvalue weighted by atomic mass is 19.1. The molecule has 0 aliphatic heterocycles. The lowest BCUT2D eigenvalue weighted by molar-refractivity contribution is -0.122. The van der Waals surface area contributed by atoms with Gasteiger partial charge in [0.1, 0.15) is 40.7 Å². The van der Waals surface area contributed by atoms with Crippen molar-refractivity contribution < 1.29 is 18.7 Å². The third-order valence-electron chi connectivity index (χ3n) is 14.2. The second-order valence-electron chi connectivity index (χ2n) is 20.5. The van der Waals surface area contributed by atoms with Crippen LogP contribution >= 0.6 is 0 Å². The minimum atomic E-state index is -0.380. The minimum absolute atomic E-state index is 0.0480. The highest BCUT2D eigenvalue weighted by Crippen LogP contribution is 2.31. The summed E-state index contributed by atoms with van der Waals surface area (Å²) < 4.78 is 33.7. The zero-order chi connectivity index (χ0) is 69.8. The summed E-state index contributed by atoms with van der Waals surface area (Å²) in [5, 5.41) is 24.6. The zero-order valence-corrected chi connectivity index (χ0v) is 55.2. The van der Waals surface area contributed by atoms with E-state index < -0.39 is 0 Å². The second kappa shape index (κ2) is 36.0. The predicted molar refractivity (Wildman–Crippen MR) is 398 cm³/mol. The van der Waals surface area contributed by atoms with Crippen LogP contribution in [-0.4, -0.2) is 40.2 Å². The van der Waals surface area contributed by atoms with Crippen molar-refractivity contribution in [2.75, 3.05) is 26.6 Å². The normalized spacial score (nSPS) is 10.1. The molecule has 0 radical (unpaired) electrons. The van der Waals surface area contributed by atoms with Gasteiger partial charge in [-0.3, -0.25) is 37.9 Å². The summed E-state index contributed by atoms with van der Waals surface area (Å²) in [6.07, 6.45) is 4.72. The third-order valence-corrected chi connectivity index (χ3v) is 14.2. The number of hydrogen-bond acceptors (Lipinski definition) is 12. The van der Waals surface area contributed by atoms with Crippen LogP contribution in [0.1, 0.15) is 47.2 Å². The van der Waals surface area contributed by atoms with Gasteiger partial charge in [0, 0.05) is 94.4 Å². The van der Waals surface area contributed by atoms with Gasteiger partial charge in [-0.15, -0.1) is 0 Å². The van der Waals surface area contributed by atoms with Gasteiger partial charge in [-0.1, -0.05) is 169 Å². The molecule has 6 heterocycles. The lowest BCUT2D eigenvalue weighted by Crippen LogP contribution is -2.13. The van der Waals surface area contributed by atoms with Gasteiger partial charge in [0.05, 0.1) is 38.4 Å². The van der Waals surface area contributed by atoms with Gasteiger partial charge in [0.15, 0.2) is 16.3 Å². The number of aromatic nitrogens is 6. The van der Waals surface area contributed by atoms with E-state index in [4.69, 9.17) is 9.90 Å². The molecule has 18 heteroatoms. The largest absolute Gasteiger partial charge is 0.483 e. The Morgan fingerprint density at radius 2 is 0.673 bits per heavy atom. The van der Waals surface area contributed by atoms with Gasteiger partial charge in [0.2, 0.25) is 0 Å². The summed E-state index contributed by atoms with van der Waals surface area (Å²) in [6, 6.07) is 81.5. The van der Waals surface area contributed by atoms with Crippen molar-refractivity contribution in [1.82, 2.24) is 28.7 Å². The number of anilines is 10. The molecule has 98 heavy (non-hydrogen) atoms. The summed E-state index contributed by atoms with van der Waals surface area (Å²) in [7, 11) is 0. The molecule has 0 fully saturated rings. The van der Waals surface area contributed by atoms with Crippen LogP contribution in [0.15, 0.2) is 300 Å².